The van der Waals surface area contributed by atoms with Gasteiger partial charge in [-0.2, -0.15) is 0 Å². The lowest BCUT2D eigenvalue weighted by Gasteiger charge is -2.00. The van der Waals surface area contributed by atoms with Gasteiger partial charge in [0, 0.05) is 5.39 Å². The van der Waals surface area contributed by atoms with E-state index in [0.717, 1.165) is 17.5 Å². The first kappa shape index (κ1) is 7.35. The van der Waals surface area contributed by atoms with E-state index in [0.29, 0.717) is 0 Å². The van der Waals surface area contributed by atoms with E-state index in [-0.39, 0.29) is 0 Å². The first-order valence-corrected chi connectivity index (χ1v) is 5.09. The van der Waals surface area contributed by atoms with Crippen molar-refractivity contribution in [2.45, 2.75) is 6.42 Å². The zero-order valence-corrected chi connectivity index (χ0v) is 8.07. The van der Waals surface area contributed by atoms with Crippen LogP contribution in [0.5, 0.6) is 0 Å². The number of fused-ring (bicyclic) bond motifs is 2. The molecule has 0 spiro atoms. The van der Waals surface area contributed by atoms with Crippen LogP contribution >= 0.6 is 0 Å². The summed E-state index contributed by atoms with van der Waals surface area (Å²) < 4.78 is 0. The van der Waals surface area contributed by atoms with E-state index in [4.69, 9.17) is 0 Å². The molecule has 0 saturated carbocycles. The minimum Gasteiger partial charge on any atom is -0.235 e. The van der Waals surface area contributed by atoms with Gasteiger partial charge >= 0.3 is 0 Å². The van der Waals surface area contributed by atoms with Crippen LogP contribution < -0.4 is 10.6 Å². The number of aliphatic imine (C=N–C) groups is 1. The standard InChI is InChI=1S/C13H8N2/c1-2-8-4-5-9-6-11-13(15-7-14-11)10(3-1)12(8)9/h1-3,5-7H,4H2. The maximum atomic E-state index is 4.33. The highest BCUT2D eigenvalue weighted by molar-refractivity contribution is 5.93. The third kappa shape index (κ3) is 0.796. The molecule has 0 amide bonds. The van der Waals surface area contributed by atoms with Gasteiger partial charge in [0.2, 0.25) is 0 Å². The van der Waals surface area contributed by atoms with Crippen LogP contribution in [-0.2, 0) is 6.42 Å². The van der Waals surface area contributed by atoms with Crippen molar-refractivity contribution >= 4 is 28.9 Å². The molecular weight excluding hydrogens is 184 g/mol. The number of nitrogens with zero attached hydrogens (tertiary/aromatic N) is 2. The molecule has 70 valence electrons. The number of benzene rings is 2. The monoisotopic (exact) mass is 192 g/mol. The summed E-state index contributed by atoms with van der Waals surface area (Å²) in [4.78, 5) is 8.60. The van der Waals surface area contributed by atoms with Crippen molar-refractivity contribution in [1.82, 2.24) is 0 Å². The van der Waals surface area contributed by atoms with Crippen LogP contribution in [0.1, 0.15) is 5.56 Å². The van der Waals surface area contributed by atoms with Crippen LogP contribution in [0.2, 0.25) is 0 Å². The Morgan fingerprint density at radius 1 is 1.20 bits per heavy atom. The molecule has 0 radical (unpaired) electrons. The summed E-state index contributed by atoms with van der Waals surface area (Å²) in [6.45, 7) is 0. The second-order valence-electron chi connectivity index (χ2n) is 3.96. The largest absolute Gasteiger partial charge is 0.235 e. The van der Waals surface area contributed by atoms with Gasteiger partial charge in [-0.25, -0.2) is 9.98 Å². The van der Waals surface area contributed by atoms with Crippen LogP contribution in [0.3, 0.4) is 0 Å². The van der Waals surface area contributed by atoms with Crippen molar-refractivity contribution in [1.29, 1.82) is 0 Å². The Hall–Kier alpha value is -1.96. The zero-order chi connectivity index (χ0) is 9.83. The molecule has 0 bridgehead atoms. The summed E-state index contributed by atoms with van der Waals surface area (Å²) in [7, 11) is 0. The number of hydrogen-bond donors (Lipinski definition) is 0. The average Bonchev–Trinajstić information content (AvgIpc) is 2.87. The molecule has 0 unspecified atom stereocenters. The summed E-state index contributed by atoms with van der Waals surface area (Å²) >= 11 is 0. The fourth-order valence-electron chi connectivity index (χ4n) is 2.50. The molecule has 2 aromatic rings. The molecule has 2 nitrogen and oxygen atoms in total. The molecule has 2 heteroatoms. The molecule has 1 heterocycles. The predicted octanol–water partition coefficient (Wildman–Crippen LogP) is 1.47. The highest BCUT2D eigenvalue weighted by Crippen LogP contribution is 2.21. The van der Waals surface area contributed by atoms with Gasteiger partial charge in [0.25, 0.3) is 0 Å². The van der Waals surface area contributed by atoms with Gasteiger partial charge in [-0.3, -0.25) is 0 Å². The lowest BCUT2D eigenvalue weighted by atomic mass is 10.0. The van der Waals surface area contributed by atoms with E-state index in [2.05, 4.69) is 40.3 Å². The van der Waals surface area contributed by atoms with Gasteiger partial charge in [0.15, 0.2) is 0 Å². The van der Waals surface area contributed by atoms with Crippen LogP contribution in [0.15, 0.2) is 34.3 Å². The SMILES string of the molecule is C1=Nc2cc3c4c(cccc4c2=N1)CC=3. The second-order valence-corrected chi connectivity index (χ2v) is 3.96. The van der Waals surface area contributed by atoms with Crippen molar-refractivity contribution in [3.63, 3.8) is 0 Å². The van der Waals surface area contributed by atoms with Crippen molar-refractivity contribution in [2.24, 2.45) is 9.98 Å². The lowest BCUT2D eigenvalue weighted by Crippen LogP contribution is -2.09. The predicted molar refractivity (Wildman–Crippen MR) is 61.1 cm³/mol. The Balaban J connectivity index is 2.43. The molecule has 0 atom stereocenters. The lowest BCUT2D eigenvalue weighted by molar-refractivity contribution is 1.41. The van der Waals surface area contributed by atoms with E-state index < -0.39 is 0 Å². The third-order valence-electron chi connectivity index (χ3n) is 3.15. The third-order valence-corrected chi connectivity index (χ3v) is 3.15. The summed E-state index contributed by atoms with van der Waals surface area (Å²) in [6, 6.07) is 8.58. The van der Waals surface area contributed by atoms with Crippen LogP contribution in [-0.4, -0.2) is 6.34 Å². The Kier molecular flexibility index (Phi) is 1.15. The van der Waals surface area contributed by atoms with Crippen LogP contribution in [0, 0.1) is 0 Å². The van der Waals surface area contributed by atoms with E-state index in [1.54, 1.807) is 6.34 Å². The van der Waals surface area contributed by atoms with Crippen LogP contribution in [0.25, 0.3) is 16.8 Å². The van der Waals surface area contributed by atoms with E-state index in [1.165, 1.54) is 21.6 Å². The molecule has 0 aromatic heterocycles. The normalized spacial score (nSPS) is 15.2. The summed E-state index contributed by atoms with van der Waals surface area (Å²) in [5, 5.41) is 4.95. The van der Waals surface area contributed by atoms with Gasteiger partial charge in [-0.1, -0.05) is 24.3 Å². The number of rotatable bonds is 0. The van der Waals surface area contributed by atoms with E-state index in [9.17, 15) is 0 Å². The average molecular weight is 192 g/mol. The summed E-state index contributed by atoms with van der Waals surface area (Å²) in [5.41, 5.74) is 2.42. The first-order chi connectivity index (χ1) is 7.43. The van der Waals surface area contributed by atoms with Gasteiger partial charge in [0.1, 0.15) is 6.34 Å². The minimum atomic E-state index is 1.01. The highest BCUT2D eigenvalue weighted by Gasteiger charge is 2.12. The zero-order valence-electron chi connectivity index (χ0n) is 8.07. The van der Waals surface area contributed by atoms with Crippen molar-refractivity contribution in [3.8, 4) is 0 Å². The Labute approximate surface area is 86.3 Å². The van der Waals surface area contributed by atoms with E-state index >= 15 is 0 Å². The van der Waals surface area contributed by atoms with Crippen LogP contribution in [0.4, 0.5) is 5.69 Å². The Morgan fingerprint density at radius 2 is 2.20 bits per heavy atom. The topological polar surface area (TPSA) is 24.7 Å². The smallest absolute Gasteiger partial charge is 0.116 e. The second kappa shape index (κ2) is 2.34. The molecule has 0 saturated heterocycles. The van der Waals surface area contributed by atoms with Gasteiger partial charge in [0.05, 0.1) is 11.0 Å². The summed E-state index contributed by atoms with van der Waals surface area (Å²) in [6.07, 6.45) is 4.95. The molecule has 4 rings (SSSR count). The molecule has 1 aliphatic heterocycles. The van der Waals surface area contributed by atoms with Crippen molar-refractivity contribution in [2.75, 3.05) is 0 Å². The van der Waals surface area contributed by atoms with Crippen molar-refractivity contribution in [3.05, 3.63) is 40.4 Å². The number of hydrogen-bond acceptors (Lipinski definition) is 2. The first-order valence-electron chi connectivity index (χ1n) is 5.09. The molecule has 1 aliphatic carbocycles. The molecular formula is C13H8N2. The van der Waals surface area contributed by atoms with E-state index in [1.807, 2.05) is 0 Å². The summed E-state index contributed by atoms with van der Waals surface area (Å²) in [5.74, 6) is 0. The van der Waals surface area contributed by atoms with Crippen molar-refractivity contribution < 1.29 is 0 Å². The fraction of sp³-hybridized carbons (Fsp3) is 0.0769. The van der Waals surface area contributed by atoms with Gasteiger partial charge < -0.3 is 0 Å². The van der Waals surface area contributed by atoms with Gasteiger partial charge in [-0.05, 0) is 28.7 Å². The Bertz CT molecular complexity index is 739. The molecule has 2 aromatic carbocycles. The quantitative estimate of drug-likeness (QED) is 0.604. The fourth-order valence-corrected chi connectivity index (χ4v) is 2.50. The molecule has 2 aliphatic rings. The Morgan fingerprint density at radius 3 is 3.20 bits per heavy atom. The maximum absolute atomic E-state index is 4.33. The van der Waals surface area contributed by atoms with Gasteiger partial charge in [-0.15, -0.1) is 0 Å². The minimum absolute atomic E-state index is 1.01. The molecule has 0 fully saturated rings. The molecule has 0 N–H and O–H groups in total. The highest BCUT2D eigenvalue weighted by atomic mass is 14.9. The maximum Gasteiger partial charge on any atom is 0.116 e. The molecule has 15 heavy (non-hydrogen) atoms.